The molecule has 0 saturated carbocycles. The number of benzene rings is 2. The lowest BCUT2D eigenvalue weighted by atomic mass is 10.1. The second-order valence-corrected chi connectivity index (χ2v) is 9.73. The van der Waals surface area contributed by atoms with Gasteiger partial charge >= 0.3 is 0 Å². The zero-order chi connectivity index (χ0) is 24.8. The Bertz CT molecular complexity index is 1260. The van der Waals surface area contributed by atoms with Crippen molar-refractivity contribution in [3.63, 3.8) is 0 Å². The van der Waals surface area contributed by atoms with Crippen LogP contribution in [0.1, 0.15) is 0 Å². The summed E-state index contributed by atoms with van der Waals surface area (Å²) in [7, 11) is 0. The second kappa shape index (κ2) is 11.9. The zero-order valence-electron chi connectivity index (χ0n) is 18.2. The van der Waals surface area contributed by atoms with E-state index < -0.39 is 5.82 Å². The fourth-order valence-corrected chi connectivity index (χ4v) is 4.61. The van der Waals surface area contributed by atoms with Crippen molar-refractivity contribution in [1.29, 1.82) is 5.41 Å². The van der Waals surface area contributed by atoms with Crippen molar-refractivity contribution < 1.29 is 9.13 Å². The Balaban J connectivity index is 1.62. The zero-order valence-corrected chi connectivity index (χ0v) is 21.3. The number of nitrogens with one attached hydrogen (secondary N) is 2. The molecule has 0 amide bonds. The predicted octanol–water partition coefficient (Wildman–Crippen LogP) is 5.45. The van der Waals surface area contributed by atoms with E-state index in [0.717, 1.165) is 55.4 Å². The minimum atomic E-state index is -0.579. The number of aromatic nitrogens is 2. The molecule has 4 N–H and O–H groups in total. The molecular weight excluding hydrogens is 532 g/mol. The molecule has 35 heavy (non-hydrogen) atoms. The number of nitrogens with zero attached hydrogens (tertiary/aromatic N) is 4. The van der Waals surface area contributed by atoms with Crippen molar-refractivity contribution in [3.05, 3.63) is 58.5 Å². The van der Waals surface area contributed by atoms with Gasteiger partial charge in [0.05, 0.1) is 21.2 Å². The second-order valence-electron chi connectivity index (χ2n) is 7.19. The van der Waals surface area contributed by atoms with Crippen LogP contribution in [0.25, 0.3) is 11.3 Å². The Morgan fingerprint density at radius 1 is 1.20 bits per heavy atom. The molecule has 0 radical (unpaired) electrons. The third-order valence-electron chi connectivity index (χ3n) is 4.88. The van der Waals surface area contributed by atoms with Gasteiger partial charge in [0.2, 0.25) is 5.95 Å². The number of rotatable bonds is 7. The quantitative estimate of drug-likeness (QED) is 0.202. The highest BCUT2D eigenvalue weighted by Gasteiger charge is 2.18. The van der Waals surface area contributed by atoms with Gasteiger partial charge in [0, 0.05) is 61.0 Å². The predicted molar refractivity (Wildman–Crippen MR) is 143 cm³/mol. The number of thioether (sulfide) groups is 1. The number of ether oxygens (including phenoxy) is 1. The fraction of sp³-hybridized carbons (Fsp3) is 0.182. The third kappa shape index (κ3) is 6.56. The van der Waals surface area contributed by atoms with Gasteiger partial charge in [-0.15, -0.1) is 0 Å². The van der Waals surface area contributed by atoms with E-state index in [9.17, 15) is 4.39 Å². The highest BCUT2D eigenvalue weighted by molar-refractivity contribution is 8.25. The first-order valence-electron chi connectivity index (χ1n) is 10.4. The van der Waals surface area contributed by atoms with Crippen LogP contribution in [0.4, 0.5) is 10.3 Å². The number of hydrogen-bond acceptors (Lipinski definition) is 9. The molecule has 2 aromatic carbocycles. The van der Waals surface area contributed by atoms with E-state index in [0.29, 0.717) is 28.0 Å². The van der Waals surface area contributed by atoms with Crippen molar-refractivity contribution in [3.8, 4) is 22.8 Å². The van der Waals surface area contributed by atoms with Crippen LogP contribution in [0.2, 0.25) is 10.0 Å². The molecule has 1 fully saturated rings. The summed E-state index contributed by atoms with van der Waals surface area (Å²) in [6.45, 7) is 3.32. The first kappa shape index (κ1) is 25.5. The van der Waals surface area contributed by atoms with Gasteiger partial charge in [-0.2, -0.15) is 4.40 Å². The van der Waals surface area contributed by atoms with Crippen molar-refractivity contribution in [2.45, 2.75) is 4.90 Å². The summed E-state index contributed by atoms with van der Waals surface area (Å²) in [6, 6.07) is 9.44. The van der Waals surface area contributed by atoms with Gasteiger partial charge in [-0.05, 0) is 42.1 Å². The van der Waals surface area contributed by atoms with Crippen LogP contribution >= 0.6 is 46.9 Å². The minimum Gasteiger partial charge on any atom is -0.455 e. The SMILES string of the molecule is N=CS/C(N)=N\Sc1cc(Cl)c(Oc2ccc(Cl)cc2-c2ccnc(N3CCNCC3)n2)cc1F. The maximum atomic E-state index is 14.7. The smallest absolute Gasteiger partial charge is 0.225 e. The first-order chi connectivity index (χ1) is 16.9. The average Bonchev–Trinajstić information content (AvgIpc) is 2.87. The molecule has 1 saturated heterocycles. The Morgan fingerprint density at radius 3 is 2.77 bits per heavy atom. The first-order valence-corrected chi connectivity index (χ1v) is 12.8. The van der Waals surface area contributed by atoms with E-state index in [1.54, 1.807) is 30.5 Å². The molecular formula is C22H20Cl2FN7OS2. The van der Waals surface area contributed by atoms with E-state index in [1.165, 1.54) is 12.1 Å². The van der Waals surface area contributed by atoms with Crippen LogP contribution in [0.5, 0.6) is 11.5 Å². The van der Waals surface area contributed by atoms with Crippen molar-refractivity contribution in [2.24, 2.45) is 10.1 Å². The molecule has 182 valence electrons. The maximum absolute atomic E-state index is 14.7. The Labute approximate surface area is 220 Å². The molecule has 0 bridgehead atoms. The Morgan fingerprint density at radius 2 is 2.00 bits per heavy atom. The summed E-state index contributed by atoms with van der Waals surface area (Å²) in [6.07, 6.45) is 1.69. The molecule has 1 aliphatic rings. The van der Waals surface area contributed by atoms with Crippen LogP contribution in [0.15, 0.2) is 51.9 Å². The van der Waals surface area contributed by atoms with Gasteiger partial charge in [-0.25, -0.2) is 14.4 Å². The molecule has 8 nitrogen and oxygen atoms in total. The summed E-state index contributed by atoms with van der Waals surface area (Å²) in [4.78, 5) is 11.4. The Kier molecular flexibility index (Phi) is 8.69. The van der Waals surface area contributed by atoms with Gasteiger partial charge < -0.3 is 26.1 Å². The number of hydrogen-bond donors (Lipinski definition) is 3. The van der Waals surface area contributed by atoms with Crippen LogP contribution in [-0.2, 0) is 0 Å². The van der Waals surface area contributed by atoms with Gasteiger partial charge in [0.15, 0.2) is 5.17 Å². The highest BCUT2D eigenvalue weighted by Crippen LogP contribution is 2.40. The molecule has 3 aromatic rings. The maximum Gasteiger partial charge on any atom is 0.225 e. The van der Waals surface area contributed by atoms with Crippen molar-refractivity contribution in [2.75, 3.05) is 31.1 Å². The lowest BCUT2D eigenvalue weighted by Gasteiger charge is -2.27. The van der Waals surface area contributed by atoms with Gasteiger partial charge in [-0.3, -0.25) is 0 Å². The lowest BCUT2D eigenvalue weighted by Crippen LogP contribution is -2.44. The van der Waals surface area contributed by atoms with Crippen LogP contribution in [0, 0.1) is 11.2 Å². The number of anilines is 1. The summed E-state index contributed by atoms with van der Waals surface area (Å²) in [5, 5.41) is 11.1. The minimum absolute atomic E-state index is 0.122. The van der Waals surface area contributed by atoms with E-state index in [2.05, 4.69) is 19.6 Å². The molecule has 0 spiro atoms. The number of halogens is 3. The largest absolute Gasteiger partial charge is 0.455 e. The van der Waals surface area contributed by atoms with Crippen molar-refractivity contribution >= 4 is 63.6 Å². The van der Waals surface area contributed by atoms with Gasteiger partial charge in [-0.1, -0.05) is 23.2 Å². The molecule has 4 rings (SSSR count). The molecule has 0 atom stereocenters. The van der Waals surface area contributed by atoms with Gasteiger partial charge in [0.25, 0.3) is 0 Å². The number of piperazine rings is 1. The van der Waals surface area contributed by atoms with Crippen molar-refractivity contribution in [1.82, 2.24) is 15.3 Å². The topological polar surface area (TPSA) is 113 Å². The molecule has 13 heteroatoms. The lowest BCUT2D eigenvalue weighted by molar-refractivity contribution is 0.476. The molecule has 1 aromatic heterocycles. The molecule has 1 aliphatic heterocycles. The molecule has 2 heterocycles. The average molecular weight is 552 g/mol. The molecule has 0 aliphatic carbocycles. The van der Waals surface area contributed by atoms with E-state index in [4.69, 9.17) is 44.1 Å². The monoisotopic (exact) mass is 551 g/mol. The summed E-state index contributed by atoms with van der Waals surface area (Å²) < 4.78 is 24.7. The molecule has 0 unspecified atom stereocenters. The number of nitrogens with two attached hydrogens (primary N) is 1. The third-order valence-corrected chi connectivity index (χ3v) is 6.77. The summed E-state index contributed by atoms with van der Waals surface area (Å²) in [5.41, 5.74) is 7.90. The fourth-order valence-electron chi connectivity index (χ4n) is 3.26. The van der Waals surface area contributed by atoms with Gasteiger partial charge in [0.1, 0.15) is 17.3 Å². The number of amidine groups is 1. The normalized spacial score (nSPS) is 14.1. The highest BCUT2D eigenvalue weighted by atomic mass is 35.5. The van der Waals surface area contributed by atoms with Crippen LogP contribution < -0.4 is 20.7 Å². The standard InChI is InChI=1S/C22H20Cl2FN7OS2/c23-13-1-2-18(14(9-13)17-3-4-29-22(30-17)32-7-5-28-6-8-32)33-19-11-16(25)20(10-15(19)24)35-31-21(27)34-12-26/h1-4,9-12,26,28H,5-8H2,(H2,27,31). The summed E-state index contributed by atoms with van der Waals surface area (Å²) in [5.74, 6) is 0.565. The Hall–Kier alpha value is -2.57. The van der Waals surface area contributed by atoms with E-state index in [1.807, 2.05) is 0 Å². The van der Waals surface area contributed by atoms with E-state index >= 15 is 0 Å². The summed E-state index contributed by atoms with van der Waals surface area (Å²) >= 11 is 14.4. The van der Waals surface area contributed by atoms with E-state index in [-0.39, 0.29) is 20.8 Å². The van der Waals surface area contributed by atoms with Crippen LogP contribution in [0.3, 0.4) is 0 Å². The van der Waals surface area contributed by atoms with Crippen LogP contribution in [-0.4, -0.2) is 46.9 Å².